The third kappa shape index (κ3) is 4.30. The van der Waals surface area contributed by atoms with Gasteiger partial charge in [-0.15, -0.1) is 0 Å². The molecule has 1 N–H and O–H groups in total. The predicted molar refractivity (Wildman–Crippen MR) is 117 cm³/mol. The summed E-state index contributed by atoms with van der Waals surface area (Å²) in [7, 11) is 0. The van der Waals surface area contributed by atoms with E-state index in [1.807, 2.05) is 0 Å². The lowest BCUT2D eigenvalue weighted by Gasteiger charge is -2.19. The minimum atomic E-state index is -4.47. The van der Waals surface area contributed by atoms with E-state index in [0.29, 0.717) is 20.3 Å². The Labute approximate surface area is 186 Å². The molecule has 4 rings (SSSR count). The molecule has 0 saturated heterocycles. The van der Waals surface area contributed by atoms with Crippen molar-refractivity contribution in [1.29, 1.82) is 0 Å². The molecule has 0 atom stereocenters. The quantitative estimate of drug-likeness (QED) is 0.450. The molecule has 0 fully saturated rings. The lowest BCUT2D eigenvalue weighted by atomic mass is 10.1. The summed E-state index contributed by atoms with van der Waals surface area (Å²) in [6.07, 6.45) is -4.47. The van der Waals surface area contributed by atoms with E-state index in [-0.39, 0.29) is 23.3 Å². The van der Waals surface area contributed by atoms with Crippen LogP contribution < -0.4 is 9.74 Å². The Morgan fingerprint density at radius 2 is 1.70 bits per heavy atom. The number of nitrogens with zero attached hydrogens (tertiary/aromatic N) is 2. The molecular weight excluding hydrogens is 435 g/mol. The highest BCUT2D eigenvalue weighted by Crippen LogP contribution is 2.29. The molecule has 168 valence electrons. The number of carbonyl (C=O) groups excluding carboxylic acids is 1. The highest BCUT2D eigenvalue weighted by atomic mass is 19.4. The van der Waals surface area contributed by atoms with Gasteiger partial charge in [0.05, 0.1) is 15.6 Å². The monoisotopic (exact) mass is 453 g/mol. The van der Waals surface area contributed by atoms with E-state index < -0.39 is 23.3 Å². The summed E-state index contributed by atoms with van der Waals surface area (Å²) in [5.74, 6) is -0.822. The average Bonchev–Trinajstić information content (AvgIpc) is 2.79. The van der Waals surface area contributed by atoms with Crippen LogP contribution in [0.2, 0.25) is 0 Å². The first-order valence-corrected chi connectivity index (χ1v) is 9.96. The maximum atomic E-state index is 13.2. The fourth-order valence-electron chi connectivity index (χ4n) is 3.53. The van der Waals surface area contributed by atoms with E-state index in [2.05, 4.69) is 5.32 Å². The van der Waals surface area contributed by atoms with E-state index in [9.17, 15) is 28.1 Å². The molecule has 0 aliphatic heterocycles. The van der Waals surface area contributed by atoms with Crippen LogP contribution in [0, 0.1) is 17.0 Å². The van der Waals surface area contributed by atoms with Crippen molar-refractivity contribution in [3.8, 4) is 11.3 Å². The van der Waals surface area contributed by atoms with Crippen LogP contribution in [-0.2, 0) is 12.7 Å². The third-order valence-corrected chi connectivity index (χ3v) is 5.20. The molecule has 0 bridgehead atoms. The Morgan fingerprint density at radius 1 is 1.03 bits per heavy atom. The molecule has 6 nitrogen and oxygen atoms in total. The highest BCUT2D eigenvalue weighted by Gasteiger charge is 2.30. The SMILES string of the molecule is Cc1ccc2c(c1)n([O-])c(C(=O)NCc1ccc(C(F)(F)F)cc1)c(-c1ccccc1)[n+]2=O. The number of fused-ring (bicyclic) bond motifs is 1. The fraction of sp³-hybridized carbons (Fsp3) is 0.125. The summed E-state index contributed by atoms with van der Waals surface area (Å²) in [6.45, 7) is 1.62. The van der Waals surface area contributed by atoms with Crippen LogP contribution >= 0.6 is 0 Å². The molecule has 0 unspecified atom stereocenters. The van der Waals surface area contributed by atoms with Gasteiger partial charge in [-0.3, -0.25) is 4.79 Å². The van der Waals surface area contributed by atoms with Crippen molar-refractivity contribution in [2.24, 2.45) is 0 Å². The van der Waals surface area contributed by atoms with Gasteiger partial charge in [0.15, 0.2) is 5.69 Å². The van der Waals surface area contributed by atoms with Gasteiger partial charge in [0.25, 0.3) is 17.1 Å². The zero-order chi connectivity index (χ0) is 23.8. The summed E-state index contributed by atoms with van der Waals surface area (Å²) in [6, 6.07) is 17.3. The van der Waals surface area contributed by atoms with Crippen molar-refractivity contribution in [3.63, 3.8) is 0 Å². The Kier molecular flexibility index (Phi) is 5.63. The first-order chi connectivity index (χ1) is 15.7. The molecule has 3 aromatic carbocycles. The largest absolute Gasteiger partial charge is 0.805 e. The molecule has 1 amide bonds. The van der Waals surface area contributed by atoms with Gasteiger partial charge in [-0.25, -0.2) is 0 Å². The number of hydrogen-bond donors (Lipinski definition) is 1. The number of halogens is 3. The van der Waals surface area contributed by atoms with Gasteiger partial charge < -0.3 is 15.3 Å². The number of hydrogen-bond acceptors (Lipinski definition) is 3. The molecule has 33 heavy (non-hydrogen) atoms. The highest BCUT2D eigenvalue weighted by molar-refractivity contribution is 5.99. The summed E-state index contributed by atoms with van der Waals surface area (Å²) in [4.78, 5) is 26.3. The normalized spacial score (nSPS) is 11.5. The van der Waals surface area contributed by atoms with Crippen molar-refractivity contribution >= 4 is 16.9 Å². The maximum Gasteiger partial charge on any atom is 0.416 e. The number of rotatable bonds is 4. The molecular formula is C24H18F3N3O3. The molecule has 0 saturated carbocycles. The van der Waals surface area contributed by atoms with Crippen molar-refractivity contribution < 1.29 is 22.4 Å². The molecule has 1 heterocycles. The zero-order valence-electron chi connectivity index (χ0n) is 17.4. The molecule has 4 aromatic rings. The first kappa shape index (κ1) is 22.1. The summed E-state index contributed by atoms with van der Waals surface area (Å²) >= 11 is 0. The molecule has 0 aliphatic carbocycles. The van der Waals surface area contributed by atoms with E-state index in [1.165, 1.54) is 24.3 Å². The van der Waals surface area contributed by atoms with Crippen molar-refractivity contribution in [1.82, 2.24) is 10.0 Å². The smallest absolute Gasteiger partial charge is 0.416 e. The van der Waals surface area contributed by atoms with Crippen molar-refractivity contribution in [3.05, 3.63) is 105 Å². The van der Waals surface area contributed by atoms with Gasteiger partial charge in [0.2, 0.25) is 0 Å². The van der Waals surface area contributed by atoms with Crippen LogP contribution in [0.25, 0.3) is 22.3 Å². The molecule has 0 aliphatic rings. The number of alkyl halides is 3. The van der Waals surface area contributed by atoms with E-state index in [4.69, 9.17) is 0 Å². The second-order valence-corrected chi connectivity index (χ2v) is 7.52. The van der Waals surface area contributed by atoms with Gasteiger partial charge in [-0.1, -0.05) is 36.4 Å². The third-order valence-electron chi connectivity index (χ3n) is 5.20. The Balaban J connectivity index is 1.76. The summed E-state index contributed by atoms with van der Waals surface area (Å²) in [5, 5.41) is 15.8. The minimum Gasteiger partial charge on any atom is -0.805 e. The first-order valence-electron chi connectivity index (χ1n) is 9.96. The predicted octanol–water partition coefficient (Wildman–Crippen LogP) is 4.83. The molecule has 0 radical (unpaired) electrons. The molecule has 0 spiro atoms. The number of aromatic nitrogens is 2. The zero-order valence-corrected chi connectivity index (χ0v) is 17.4. The Morgan fingerprint density at radius 3 is 2.33 bits per heavy atom. The topological polar surface area (TPSA) is 80.1 Å². The van der Waals surface area contributed by atoms with Gasteiger partial charge >= 0.3 is 6.18 Å². The number of carbonyl (C=O) groups is 1. The fourth-order valence-corrected chi connectivity index (χ4v) is 3.53. The van der Waals surface area contributed by atoms with Crippen LogP contribution in [0.4, 0.5) is 13.2 Å². The van der Waals surface area contributed by atoms with Crippen LogP contribution in [0.1, 0.15) is 27.2 Å². The molecule has 1 aromatic heterocycles. The standard InChI is InChI=1S/C24H18F3N3O3/c1-15-7-12-19-20(13-15)30(33)22(21(29(19)32)17-5-3-2-4-6-17)23(31)28-14-16-8-10-18(11-9-16)24(25,26)27/h2-13H,14H2,1H3,(H,28,31). The van der Waals surface area contributed by atoms with Crippen LogP contribution in [0.5, 0.6) is 0 Å². The van der Waals surface area contributed by atoms with Gasteiger partial charge in [0, 0.05) is 17.5 Å². The average molecular weight is 453 g/mol. The number of nitrogens with one attached hydrogen (secondary N) is 1. The van der Waals surface area contributed by atoms with Gasteiger partial charge in [-0.05, 0) is 48.4 Å². The summed E-state index contributed by atoms with van der Waals surface area (Å²) < 4.78 is 39.2. The molecule has 9 heteroatoms. The number of amides is 1. The minimum absolute atomic E-state index is 0.0318. The van der Waals surface area contributed by atoms with Crippen LogP contribution in [-0.4, -0.2) is 10.6 Å². The second kappa shape index (κ2) is 8.42. The lowest BCUT2D eigenvalue weighted by Crippen LogP contribution is -2.33. The summed E-state index contributed by atoms with van der Waals surface area (Å²) in [5.41, 5.74) is 0.321. The van der Waals surface area contributed by atoms with Crippen molar-refractivity contribution in [2.45, 2.75) is 19.6 Å². The number of benzene rings is 3. The van der Waals surface area contributed by atoms with Crippen molar-refractivity contribution in [2.75, 3.05) is 0 Å². The Bertz CT molecular complexity index is 1400. The van der Waals surface area contributed by atoms with Crippen LogP contribution in [0.3, 0.4) is 0 Å². The second-order valence-electron chi connectivity index (χ2n) is 7.52. The number of aryl methyl sites for hydroxylation is 1. The van der Waals surface area contributed by atoms with Crippen LogP contribution in [0.15, 0.2) is 72.8 Å². The lowest BCUT2D eigenvalue weighted by molar-refractivity contribution is -0.452. The van der Waals surface area contributed by atoms with E-state index >= 15 is 0 Å². The van der Waals surface area contributed by atoms with Gasteiger partial charge in [0.1, 0.15) is 5.52 Å². The van der Waals surface area contributed by atoms with E-state index in [0.717, 1.165) is 17.7 Å². The Hall–Kier alpha value is -4.14. The van der Waals surface area contributed by atoms with Gasteiger partial charge in [-0.2, -0.15) is 13.2 Å². The van der Waals surface area contributed by atoms with E-state index in [1.54, 1.807) is 43.3 Å². The maximum absolute atomic E-state index is 13.2.